The zero-order valence-electron chi connectivity index (χ0n) is 16.4. The van der Waals surface area contributed by atoms with Crippen molar-refractivity contribution in [2.75, 3.05) is 26.1 Å². The number of anilines is 1. The second-order valence-corrected chi connectivity index (χ2v) is 6.77. The lowest BCUT2D eigenvalue weighted by molar-refractivity contribution is -0.119. The van der Waals surface area contributed by atoms with Gasteiger partial charge in [-0.3, -0.25) is 4.79 Å². The minimum absolute atomic E-state index is 0.230. The van der Waals surface area contributed by atoms with Gasteiger partial charge in [-0.15, -0.1) is 0 Å². The van der Waals surface area contributed by atoms with E-state index in [0.29, 0.717) is 16.0 Å². The van der Waals surface area contributed by atoms with Crippen LogP contribution in [0.2, 0.25) is 0 Å². The van der Waals surface area contributed by atoms with Crippen LogP contribution in [0.5, 0.6) is 11.5 Å². The topological polar surface area (TPSA) is 73.9 Å². The van der Waals surface area contributed by atoms with Crippen molar-refractivity contribution >= 4 is 33.5 Å². The molecule has 0 saturated heterocycles. The predicted octanol–water partition coefficient (Wildman–Crippen LogP) is 4.39. The molecule has 1 N–H and O–H groups in total. The number of aryl methyl sites for hydroxylation is 2. The summed E-state index contributed by atoms with van der Waals surface area (Å²) in [6.45, 7) is 3.66. The molecule has 0 aliphatic rings. The number of halogens is 1. The highest BCUT2D eigenvalue weighted by molar-refractivity contribution is 9.10. The smallest absolute Gasteiger partial charge is 0.338 e. The fourth-order valence-corrected chi connectivity index (χ4v) is 3.33. The zero-order valence-corrected chi connectivity index (χ0v) is 18.0. The van der Waals surface area contributed by atoms with E-state index in [4.69, 9.17) is 14.2 Å². The maximum atomic E-state index is 12.4. The van der Waals surface area contributed by atoms with Crippen molar-refractivity contribution in [3.8, 4) is 11.5 Å². The summed E-state index contributed by atoms with van der Waals surface area (Å²) in [7, 11) is 2.97. The van der Waals surface area contributed by atoms with Crippen LogP contribution in [-0.4, -0.2) is 32.7 Å². The van der Waals surface area contributed by atoms with Gasteiger partial charge in [0.15, 0.2) is 6.61 Å². The quantitative estimate of drug-likeness (QED) is 0.604. The van der Waals surface area contributed by atoms with E-state index in [9.17, 15) is 9.59 Å². The molecule has 0 aliphatic carbocycles. The highest BCUT2D eigenvalue weighted by atomic mass is 79.9. The highest BCUT2D eigenvalue weighted by Crippen LogP contribution is 2.35. The lowest BCUT2D eigenvalue weighted by Gasteiger charge is -2.15. The standard InChI is InChI=1S/C21H24BrNO5/c1-5-13-8-7-9-14(6-2)20(13)23-18(24)12-28-21(25)15-10-16(26-3)19(22)17(11-15)27-4/h7-11H,5-6,12H2,1-4H3,(H,23,24). The summed E-state index contributed by atoms with van der Waals surface area (Å²) in [6.07, 6.45) is 1.59. The molecular weight excluding hydrogens is 426 g/mol. The minimum Gasteiger partial charge on any atom is -0.495 e. The number of benzene rings is 2. The first-order valence-electron chi connectivity index (χ1n) is 8.94. The van der Waals surface area contributed by atoms with Gasteiger partial charge in [-0.1, -0.05) is 32.0 Å². The summed E-state index contributed by atoms with van der Waals surface area (Å²) in [5.74, 6) is -0.167. The maximum Gasteiger partial charge on any atom is 0.338 e. The Morgan fingerprint density at radius 2 is 1.54 bits per heavy atom. The third-order valence-electron chi connectivity index (χ3n) is 4.28. The van der Waals surface area contributed by atoms with Crippen molar-refractivity contribution < 1.29 is 23.8 Å². The molecule has 0 heterocycles. The van der Waals surface area contributed by atoms with Gasteiger partial charge in [-0.25, -0.2) is 4.79 Å². The molecular formula is C21H24BrNO5. The Hall–Kier alpha value is -2.54. The fraction of sp³-hybridized carbons (Fsp3) is 0.333. The van der Waals surface area contributed by atoms with E-state index in [2.05, 4.69) is 21.2 Å². The molecule has 150 valence electrons. The van der Waals surface area contributed by atoms with Crippen LogP contribution in [0.25, 0.3) is 0 Å². The molecule has 0 radical (unpaired) electrons. The van der Waals surface area contributed by atoms with Crippen LogP contribution in [-0.2, 0) is 22.4 Å². The molecule has 6 nitrogen and oxygen atoms in total. The number of ether oxygens (including phenoxy) is 3. The second kappa shape index (κ2) is 10.1. The molecule has 7 heteroatoms. The summed E-state index contributed by atoms with van der Waals surface area (Å²) in [5, 5.41) is 2.87. The maximum absolute atomic E-state index is 12.4. The molecule has 0 saturated carbocycles. The van der Waals surface area contributed by atoms with E-state index in [1.54, 1.807) is 0 Å². The third-order valence-corrected chi connectivity index (χ3v) is 5.06. The van der Waals surface area contributed by atoms with Crippen molar-refractivity contribution in [3.05, 3.63) is 51.5 Å². The van der Waals surface area contributed by atoms with Gasteiger partial charge < -0.3 is 19.5 Å². The normalized spacial score (nSPS) is 10.3. The van der Waals surface area contributed by atoms with Crippen LogP contribution in [0.1, 0.15) is 35.3 Å². The predicted molar refractivity (Wildman–Crippen MR) is 111 cm³/mol. The SMILES string of the molecule is CCc1cccc(CC)c1NC(=O)COC(=O)c1cc(OC)c(Br)c(OC)c1. The molecule has 2 aromatic carbocycles. The Morgan fingerprint density at radius 1 is 1.00 bits per heavy atom. The zero-order chi connectivity index (χ0) is 20.7. The van der Waals surface area contributed by atoms with Crippen LogP contribution in [0.3, 0.4) is 0 Å². The van der Waals surface area contributed by atoms with Gasteiger partial charge >= 0.3 is 5.97 Å². The van der Waals surface area contributed by atoms with Crippen molar-refractivity contribution in [2.24, 2.45) is 0 Å². The number of methoxy groups -OCH3 is 2. The number of amides is 1. The van der Waals surface area contributed by atoms with E-state index in [0.717, 1.165) is 29.7 Å². The number of rotatable bonds is 8. The van der Waals surface area contributed by atoms with Gasteiger partial charge in [0.05, 0.1) is 19.8 Å². The number of esters is 1. The van der Waals surface area contributed by atoms with Gasteiger partial charge in [0.2, 0.25) is 0 Å². The third kappa shape index (κ3) is 5.04. The molecule has 0 bridgehead atoms. The molecule has 0 fully saturated rings. The van der Waals surface area contributed by atoms with E-state index < -0.39 is 5.97 Å². The van der Waals surface area contributed by atoms with Gasteiger partial charge in [-0.05, 0) is 52.0 Å². The summed E-state index contributed by atoms with van der Waals surface area (Å²) in [4.78, 5) is 24.7. The summed E-state index contributed by atoms with van der Waals surface area (Å²) < 4.78 is 16.2. The van der Waals surface area contributed by atoms with Crippen molar-refractivity contribution in [2.45, 2.75) is 26.7 Å². The first-order chi connectivity index (χ1) is 13.4. The van der Waals surface area contributed by atoms with Gasteiger partial charge in [-0.2, -0.15) is 0 Å². The lowest BCUT2D eigenvalue weighted by Crippen LogP contribution is -2.22. The summed E-state index contributed by atoms with van der Waals surface area (Å²) in [5.41, 5.74) is 3.11. The van der Waals surface area contributed by atoms with Gasteiger partial charge in [0.1, 0.15) is 16.0 Å². The highest BCUT2D eigenvalue weighted by Gasteiger charge is 2.17. The Morgan fingerprint density at radius 3 is 2.00 bits per heavy atom. The molecule has 2 aromatic rings. The molecule has 0 unspecified atom stereocenters. The van der Waals surface area contributed by atoms with Crippen molar-refractivity contribution in [1.29, 1.82) is 0 Å². The Labute approximate surface area is 173 Å². The van der Waals surface area contributed by atoms with Gasteiger partial charge in [0.25, 0.3) is 5.91 Å². The minimum atomic E-state index is -0.640. The Bertz CT molecular complexity index is 819. The van der Waals surface area contributed by atoms with Crippen molar-refractivity contribution in [1.82, 2.24) is 0 Å². The number of carbonyl (C=O) groups excluding carboxylic acids is 2. The molecule has 0 aromatic heterocycles. The van der Waals surface area contributed by atoms with Gasteiger partial charge in [0, 0.05) is 5.69 Å². The van der Waals surface area contributed by atoms with E-state index in [1.807, 2.05) is 32.0 Å². The average molecular weight is 450 g/mol. The number of carbonyl (C=O) groups is 2. The van der Waals surface area contributed by atoms with E-state index in [-0.39, 0.29) is 18.1 Å². The van der Waals surface area contributed by atoms with Crippen LogP contribution in [0.15, 0.2) is 34.8 Å². The molecule has 0 spiro atoms. The first-order valence-corrected chi connectivity index (χ1v) is 9.73. The average Bonchev–Trinajstić information content (AvgIpc) is 2.72. The summed E-state index contributed by atoms with van der Waals surface area (Å²) in [6, 6.07) is 8.97. The first kappa shape index (κ1) is 21.8. The molecule has 0 atom stereocenters. The number of hydrogen-bond acceptors (Lipinski definition) is 5. The number of hydrogen-bond donors (Lipinski definition) is 1. The number of para-hydroxylation sites is 1. The summed E-state index contributed by atoms with van der Waals surface area (Å²) >= 11 is 3.35. The monoisotopic (exact) mass is 449 g/mol. The molecule has 0 aliphatic heterocycles. The lowest BCUT2D eigenvalue weighted by atomic mass is 10.0. The number of nitrogens with one attached hydrogen (secondary N) is 1. The van der Waals surface area contributed by atoms with Crippen LogP contribution in [0.4, 0.5) is 5.69 Å². The second-order valence-electron chi connectivity index (χ2n) is 5.98. The van der Waals surface area contributed by atoms with Crippen molar-refractivity contribution in [3.63, 3.8) is 0 Å². The van der Waals surface area contributed by atoms with E-state index in [1.165, 1.54) is 26.4 Å². The molecule has 1 amide bonds. The molecule has 2 rings (SSSR count). The largest absolute Gasteiger partial charge is 0.495 e. The molecule has 28 heavy (non-hydrogen) atoms. The fourth-order valence-electron chi connectivity index (χ4n) is 2.78. The van der Waals surface area contributed by atoms with E-state index >= 15 is 0 Å². The van der Waals surface area contributed by atoms with Crippen LogP contribution < -0.4 is 14.8 Å². The van der Waals surface area contributed by atoms with Crippen LogP contribution >= 0.6 is 15.9 Å². The Kier molecular flexibility index (Phi) is 7.87. The Balaban J connectivity index is 2.09. The van der Waals surface area contributed by atoms with Crippen LogP contribution in [0, 0.1) is 0 Å².